The molecule has 2 N–H and O–H groups in total. The zero-order chi connectivity index (χ0) is 10.9. The Morgan fingerprint density at radius 3 is 2.80 bits per heavy atom. The summed E-state index contributed by atoms with van der Waals surface area (Å²) in [4.78, 5) is 10.9. The summed E-state index contributed by atoms with van der Waals surface area (Å²) in [6.07, 6.45) is 1.77. The molecule has 1 fully saturated rings. The lowest BCUT2D eigenvalue weighted by Gasteiger charge is -2.23. The van der Waals surface area contributed by atoms with Gasteiger partial charge in [-0.2, -0.15) is 0 Å². The van der Waals surface area contributed by atoms with Gasteiger partial charge in [0.25, 0.3) is 0 Å². The van der Waals surface area contributed by atoms with E-state index in [1.807, 2.05) is 0 Å². The third kappa shape index (κ3) is 5.59. The van der Waals surface area contributed by atoms with Gasteiger partial charge < -0.3 is 20.1 Å². The fraction of sp³-hybridized carbons (Fsp3) is 0.900. The van der Waals surface area contributed by atoms with E-state index in [9.17, 15) is 4.79 Å². The highest BCUT2D eigenvalue weighted by molar-refractivity contribution is 5.66. The topological polar surface area (TPSA) is 59.6 Å². The molecule has 0 aromatic carbocycles. The number of hydrogen-bond acceptors (Lipinski definition) is 4. The molecule has 15 heavy (non-hydrogen) atoms. The van der Waals surface area contributed by atoms with Crippen LogP contribution in [0.25, 0.3) is 0 Å². The number of carbonyl (C=O) groups excluding carboxylic acids is 1. The van der Waals surface area contributed by atoms with Crippen LogP contribution in [0.2, 0.25) is 0 Å². The Bertz CT molecular complexity index is 182. The Hall–Kier alpha value is -0.810. The summed E-state index contributed by atoms with van der Waals surface area (Å²) in [7, 11) is 0. The van der Waals surface area contributed by atoms with Gasteiger partial charge in [-0.25, -0.2) is 4.79 Å². The molecule has 88 valence electrons. The second-order valence-corrected chi connectivity index (χ2v) is 3.49. The maximum Gasteiger partial charge on any atom is 0.407 e. The van der Waals surface area contributed by atoms with Crippen LogP contribution in [-0.4, -0.2) is 45.0 Å². The minimum absolute atomic E-state index is 0.341. The smallest absolute Gasteiger partial charge is 0.407 e. The standard InChI is InChI=1S/C10H20N2O3/c1-2-15-10(13)12-6-5-11-9-3-7-14-8-4-9/h9,11H,2-8H2,1H3,(H,12,13). The van der Waals surface area contributed by atoms with Crippen molar-refractivity contribution in [2.24, 2.45) is 0 Å². The summed E-state index contributed by atoms with van der Waals surface area (Å²) in [5.74, 6) is 0. The van der Waals surface area contributed by atoms with Crippen LogP contribution in [0, 0.1) is 0 Å². The minimum atomic E-state index is -0.341. The van der Waals surface area contributed by atoms with Gasteiger partial charge in [0.15, 0.2) is 0 Å². The van der Waals surface area contributed by atoms with Gasteiger partial charge in [0, 0.05) is 32.3 Å². The Balaban J connectivity index is 1.93. The maximum atomic E-state index is 10.9. The van der Waals surface area contributed by atoms with E-state index in [-0.39, 0.29) is 6.09 Å². The van der Waals surface area contributed by atoms with Crippen LogP contribution in [0.1, 0.15) is 19.8 Å². The van der Waals surface area contributed by atoms with Crippen molar-refractivity contribution in [2.45, 2.75) is 25.8 Å². The van der Waals surface area contributed by atoms with Crippen molar-refractivity contribution in [1.29, 1.82) is 0 Å². The lowest BCUT2D eigenvalue weighted by Crippen LogP contribution is -2.39. The average molecular weight is 216 g/mol. The van der Waals surface area contributed by atoms with Gasteiger partial charge in [-0.3, -0.25) is 0 Å². The summed E-state index contributed by atoms with van der Waals surface area (Å²) >= 11 is 0. The molecule has 5 nitrogen and oxygen atoms in total. The van der Waals surface area contributed by atoms with Gasteiger partial charge in [-0.05, 0) is 19.8 Å². The van der Waals surface area contributed by atoms with Crippen LogP contribution in [0.3, 0.4) is 0 Å². The third-order valence-electron chi connectivity index (χ3n) is 2.32. The van der Waals surface area contributed by atoms with E-state index in [2.05, 4.69) is 10.6 Å². The molecule has 0 aromatic rings. The van der Waals surface area contributed by atoms with E-state index < -0.39 is 0 Å². The van der Waals surface area contributed by atoms with Crippen molar-refractivity contribution < 1.29 is 14.3 Å². The molecule has 1 heterocycles. The largest absolute Gasteiger partial charge is 0.450 e. The molecule has 1 saturated heterocycles. The molecule has 0 radical (unpaired) electrons. The number of amides is 1. The molecule has 0 saturated carbocycles. The molecule has 0 bridgehead atoms. The quantitative estimate of drug-likeness (QED) is 0.657. The second-order valence-electron chi connectivity index (χ2n) is 3.49. The number of rotatable bonds is 5. The zero-order valence-electron chi connectivity index (χ0n) is 9.25. The normalized spacial score (nSPS) is 17.4. The van der Waals surface area contributed by atoms with Crippen LogP contribution in [-0.2, 0) is 9.47 Å². The first-order valence-electron chi connectivity index (χ1n) is 5.54. The zero-order valence-corrected chi connectivity index (χ0v) is 9.25. The number of nitrogens with one attached hydrogen (secondary N) is 2. The number of hydrogen-bond donors (Lipinski definition) is 2. The fourth-order valence-corrected chi connectivity index (χ4v) is 1.52. The molecule has 0 spiro atoms. The van der Waals surface area contributed by atoms with Crippen molar-refractivity contribution in [1.82, 2.24) is 10.6 Å². The molecule has 5 heteroatoms. The van der Waals surface area contributed by atoms with E-state index in [1.165, 1.54) is 0 Å². The van der Waals surface area contributed by atoms with Gasteiger partial charge in [-0.1, -0.05) is 0 Å². The summed E-state index contributed by atoms with van der Waals surface area (Å²) in [6.45, 7) is 5.27. The Morgan fingerprint density at radius 2 is 2.13 bits per heavy atom. The molecular weight excluding hydrogens is 196 g/mol. The van der Waals surface area contributed by atoms with Crippen molar-refractivity contribution >= 4 is 6.09 Å². The highest BCUT2D eigenvalue weighted by Crippen LogP contribution is 2.05. The van der Waals surface area contributed by atoms with E-state index in [1.54, 1.807) is 6.92 Å². The van der Waals surface area contributed by atoms with Gasteiger partial charge in [-0.15, -0.1) is 0 Å². The lowest BCUT2D eigenvalue weighted by molar-refractivity contribution is 0.0780. The van der Waals surface area contributed by atoms with E-state index >= 15 is 0 Å². The third-order valence-corrected chi connectivity index (χ3v) is 2.32. The predicted octanol–water partition coefficient (Wildman–Crippen LogP) is 0.501. The van der Waals surface area contributed by atoms with Gasteiger partial charge in [0.05, 0.1) is 6.61 Å². The molecule has 1 amide bonds. The number of alkyl carbamates (subject to hydrolysis) is 1. The molecule has 0 atom stereocenters. The lowest BCUT2D eigenvalue weighted by atomic mass is 10.1. The molecule has 0 aliphatic carbocycles. The molecule has 1 rings (SSSR count). The van der Waals surface area contributed by atoms with E-state index in [4.69, 9.17) is 9.47 Å². The Morgan fingerprint density at radius 1 is 1.40 bits per heavy atom. The second kappa shape index (κ2) is 7.48. The van der Waals surface area contributed by atoms with Gasteiger partial charge in [0.1, 0.15) is 0 Å². The average Bonchev–Trinajstić information content (AvgIpc) is 2.26. The summed E-state index contributed by atoms with van der Waals surface area (Å²) in [6, 6.07) is 0.530. The minimum Gasteiger partial charge on any atom is -0.450 e. The van der Waals surface area contributed by atoms with E-state index in [0.717, 1.165) is 32.6 Å². The monoisotopic (exact) mass is 216 g/mol. The SMILES string of the molecule is CCOC(=O)NCCNC1CCOCC1. The highest BCUT2D eigenvalue weighted by atomic mass is 16.5. The number of ether oxygens (including phenoxy) is 2. The summed E-state index contributed by atoms with van der Waals surface area (Å²) < 4.78 is 9.98. The van der Waals surface area contributed by atoms with Crippen LogP contribution < -0.4 is 10.6 Å². The molecular formula is C10H20N2O3. The Kier molecular flexibility index (Phi) is 6.11. The maximum absolute atomic E-state index is 10.9. The van der Waals surface area contributed by atoms with Crippen LogP contribution in [0.5, 0.6) is 0 Å². The molecule has 0 aromatic heterocycles. The van der Waals surface area contributed by atoms with Crippen LogP contribution >= 0.6 is 0 Å². The van der Waals surface area contributed by atoms with E-state index in [0.29, 0.717) is 19.2 Å². The fourth-order valence-electron chi connectivity index (χ4n) is 1.52. The first kappa shape index (κ1) is 12.3. The molecule has 0 unspecified atom stereocenters. The van der Waals surface area contributed by atoms with Crippen molar-refractivity contribution in [3.8, 4) is 0 Å². The highest BCUT2D eigenvalue weighted by Gasteiger charge is 2.12. The predicted molar refractivity (Wildman–Crippen MR) is 56.9 cm³/mol. The van der Waals surface area contributed by atoms with Crippen molar-refractivity contribution in [2.75, 3.05) is 32.9 Å². The first-order chi connectivity index (χ1) is 7.33. The van der Waals surface area contributed by atoms with Crippen molar-refractivity contribution in [3.05, 3.63) is 0 Å². The van der Waals surface area contributed by atoms with Crippen LogP contribution in [0.15, 0.2) is 0 Å². The summed E-state index contributed by atoms with van der Waals surface area (Å²) in [5, 5.41) is 6.04. The molecule has 1 aliphatic heterocycles. The van der Waals surface area contributed by atoms with Gasteiger partial charge >= 0.3 is 6.09 Å². The molecule has 1 aliphatic rings. The van der Waals surface area contributed by atoms with Crippen LogP contribution in [0.4, 0.5) is 4.79 Å². The summed E-state index contributed by atoms with van der Waals surface area (Å²) in [5.41, 5.74) is 0. The Labute approximate surface area is 90.5 Å². The first-order valence-corrected chi connectivity index (χ1v) is 5.54. The van der Waals surface area contributed by atoms with Crippen molar-refractivity contribution in [3.63, 3.8) is 0 Å². The number of carbonyl (C=O) groups is 1. The van der Waals surface area contributed by atoms with Gasteiger partial charge in [0.2, 0.25) is 0 Å².